The zero-order chi connectivity index (χ0) is 13.0. The minimum Gasteiger partial charge on any atom is -0.497 e. The van der Waals surface area contributed by atoms with E-state index in [1.165, 1.54) is 0 Å². The molecule has 0 heterocycles. The molecule has 94 valence electrons. The van der Waals surface area contributed by atoms with E-state index in [4.69, 9.17) is 4.74 Å². The molecule has 0 bridgehead atoms. The van der Waals surface area contributed by atoms with Gasteiger partial charge in [-0.1, -0.05) is 29.5 Å². The molecule has 2 aromatic rings. The van der Waals surface area contributed by atoms with E-state index >= 15 is 0 Å². The summed E-state index contributed by atoms with van der Waals surface area (Å²) >= 11 is 1.65. The smallest absolute Gasteiger partial charge is 0.118 e. The van der Waals surface area contributed by atoms with Crippen molar-refractivity contribution < 1.29 is 9.84 Å². The van der Waals surface area contributed by atoms with Gasteiger partial charge in [0.05, 0.1) is 13.7 Å². The van der Waals surface area contributed by atoms with Crippen LogP contribution in [0, 0.1) is 6.92 Å². The Morgan fingerprint density at radius 3 is 2.44 bits per heavy atom. The van der Waals surface area contributed by atoms with Crippen LogP contribution in [-0.4, -0.2) is 12.2 Å². The topological polar surface area (TPSA) is 29.5 Å². The number of aliphatic hydroxyl groups excluding tert-OH is 1. The fourth-order valence-corrected chi connectivity index (χ4v) is 2.62. The Labute approximate surface area is 112 Å². The van der Waals surface area contributed by atoms with Gasteiger partial charge in [-0.25, -0.2) is 0 Å². The lowest BCUT2D eigenvalue weighted by atomic mass is 10.1. The molecule has 0 saturated heterocycles. The van der Waals surface area contributed by atoms with Crippen molar-refractivity contribution >= 4 is 11.8 Å². The standard InChI is InChI=1S/C15H16O2S/c1-11-3-8-15(12(9-11)10-16)18-14-6-4-13(17-2)5-7-14/h3-9,16H,10H2,1-2H3. The summed E-state index contributed by atoms with van der Waals surface area (Å²) in [5.74, 6) is 0.852. The molecule has 0 radical (unpaired) electrons. The van der Waals surface area contributed by atoms with Crippen molar-refractivity contribution in [2.75, 3.05) is 7.11 Å². The van der Waals surface area contributed by atoms with Crippen LogP contribution in [-0.2, 0) is 6.61 Å². The number of aliphatic hydroxyl groups is 1. The number of benzene rings is 2. The monoisotopic (exact) mass is 260 g/mol. The van der Waals surface area contributed by atoms with Crippen LogP contribution >= 0.6 is 11.8 Å². The van der Waals surface area contributed by atoms with Crippen LogP contribution in [0.4, 0.5) is 0 Å². The van der Waals surface area contributed by atoms with Gasteiger partial charge in [0.1, 0.15) is 5.75 Å². The molecule has 0 aliphatic carbocycles. The van der Waals surface area contributed by atoms with Crippen molar-refractivity contribution in [3.8, 4) is 5.75 Å². The minimum atomic E-state index is 0.0696. The fraction of sp³-hybridized carbons (Fsp3) is 0.200. The van der Waals surface area contributed by atoms with Crippen LogP contribution in [0.1, 0.15) is 11.1 Å². The highest BCUT2D eigenvalue weighted by atomic mass is 32.2. The number of aryl methyl sites for hydroxylation is 1. The van der Waals surface area contributed by atoms with Gasteiger partial charge in [0, 0.05) is 9.79 Å². The Morgan fingerprint density at radius 1 is 1.11 bits per heavy atom. The van der Waals surface area contributed by atoms with Gasteiger partial charge >= 0.3 is 0 Å². The second-order valence-electron chi connectivity index (χ2n) is 4.05. The van der Waals surface area contributed by atoms with E-state index in [-0.39, 0.29) is 6.61 Å². The van der Waals surface area contributed by atoms with Crippen LogP contribution in [0.5, 0.6) is 5.75 Å². The molecule has 2 aromatic carbocycles. The maximum atomic E-state index is 9.37. The number of hydrogen-bond acceptors (Lipinski definition) is 3. The molecule has 0 aliphatic heterocycles. The molecular formula is C15H16O2S. The van der Waals surface area contributed by atoms with Gasteiger partial charge in [0.25, 0.3) is 0 Å². The van der Waals surface area contributed by atoms with Crippen LogP contribution in [0.15, 0.2) is 52.3 Å². The Balaban J connectivity index is 2.22. The van der Waals surface area contributed by atoms with Crippen LogP contribution in [0.2, 0.25) is 0 Å². The first-order valence-electron chi connectivity index (χ1n) is 5.75. The summed E-state index contributed by atoms with van der Waals surface area (Å²) in [6.45, 7) is 2.10. The van der Waals surface area contributed by atoms with Gasteiger partial charge in [-0.05, 0) is 42.8 Å². The summed E-state index contributed by atoms with van der Waals surface area (Å²) in [4.78, 5) is 2.22. The van der Waals surface area contributed by atoms with Gasteiger partial charge in [-0.15, -0.1) is 0 Å². The molecule has 0 unspecified atom stereocenters. The van der Waals surface area contributed by atoms with E-state index < -0.39 is 0 Å². The lowest BCUT2D eigenvalue weighted by molar-refractivity contribution is 0.279. The second kappa shape index (κ2) is 5.94. The summed E-state index contributed by atoms with van der Waals surface area (Å²) in [6, 6.07) is 14.0. The lowest BCUT2D eigenvalue weighted by Gasteiger charge is -2.08. The molecule has 1 N–H and O–H groups in total. The van der Waals surface area contributed by atoms with Crippen molar-refractivity contribution in [1.29, 1.82) is 0 Å². The predicted molar refractivity (Wildman–Crippen MR) is 74.2 cm³/mol. The third kappa shape index (κ3) is 3.06. The average molecular weight is 260 g/mol. The molecule has 0 spiro atoms. The highest BCUT2D eigenvalue weighted by Crippen LogP contribution is 2.32. The average Bonchev–Trinajstić information content (AvgIpc) is 2.41. The molecule has 0 atom stereocenters. The Bertz CT molecular complexity index is 521. The van der Waals surface area contributed by atoms with Gasteiger partial charge in [-0.3, -0.25) is 0 Å². The number of methoxy groups -OCH3 is 1. The largest absolute Gasteiger partial charge is 0.497 e. The van der Waals surface area contributed by atoms with E-state index in [0.717, 1.165) is 26.7 Å². The SMILES string of the molecule is COc1ccc(Sc2ccc(C)cc2CO)cc1. The highest BCUT2D eigenvalue weighted by molar-refractivity contribution is 7.99. The molecule has 0 aliphatic rings. The van der Waals surface area contributed by atoms with E-state index in [1.807, 2.05) is 37.3 Å². The molecule has 0 amide bonds. The molecule has 18 heavy (non-hydrogen) atoms. The Morgan fingerprint density at radius 2 is 1.83 bits per heavy atom. The fourth-order valence-electron chi connectivity index (χ4n) is 1.70. The first-order valence-corrected chi connectivity index (χ1v) is 6.57. The lowest BCUT2D eigenvalue weighted by Crippen LogP contribution is -1.89. The van der Waals surface area contributed by atoms with E-state index in [0.29, 0.717) is 0 Å². The minimum absolute atomic E-state index is 0.0696. The van der Waals surface area contributed by atoms with Crippen molar-refractivity contribution in [3.05, 3.63) is 53.6 Å². The van der Waals surface area contributed by atoms with Gasteiger partial charge in [-0.2, -0.15) is 0 Å². The summed E-state index contributed by atoms with van der Waals surface area (Å²) < 4.78 is 5.13. The zero-order valence-corrected chi connectivity index (χ0v) is 11.3. The molecule has 2 rings (SSSR count). The second-order valence-corrected chi connectivity index (χ2v) is 5.16. The van der Waals surface area contributed by atoms with Crippen molar-refractivity contribution in [3.63, 3.8) is 0 Å². The van der Waals surface area contributed by atoms with E-state index in [1.54, 1.807) is 18.9 Å². The van der Waals surface area contributed by atoms with Crippen LogP contribution in [0.25, 0.3) is 0 Å². The highest BCUT2D eigenvalue weighted by Gasteiger charge is 2.04. The number of ether oxygens (including phenoxy) is 1. The predicted octanol–water partition coefficient (Wildman–Crippen LogP) is 3.65. The third-order valence-electron chi connectivity index (χ3n) is 2.67. The molecule has 0 aromatic heterocycles. The Hall–Kier alpha value is -1.45. The maximum Gasteiger partial charge on any atom is 0.118 e. The summed E-state index contributed by atoms with van der Waals surface area (Å²) in [6.07, 6.45) is 0. The molecular weight excluding hydrogens is 244 g/mol. The molecule has 3 heteroatoms. The first kappa shape index (κ1) is 13.0. The maximum absolute atomic E-state index is 9.37. The van der Waals surface area contributed by atoms with Crippen molar-refractivity contribution in [2.24, 2.45) is 0 Å². The van der Waals surface area contributed by atoms with Crippen LogP contribution in [0.3, 0.4) is 0 Å². The quantitative estimate of drug-likeness (QED) is 0.910. The zero-order valence-electron chi connectivity index (χ0n) is 10.5. The van der Waals surface area contributed by atoms with E-state index in [9.17, 15) is 5.11 Å². The van der Waals surface area contributed by atoms with E-state index in [2.05, 4.69) is 12.1 Å². The van der Waals surface area contributed by atoms with Crippen LogP contribution < -0.4 is 4.74 Å². The third-order valence-corrected chi connectivity index (χ3v) is 3.80. The number of rotatable bonds is 4. The summed E-state index contributed by atoms with van der Waals surface area (Å²) in [5.41, 5.74) is 2.13. The first-order chi connectivity index (χ1) is 8.72. The molecule has 0 saturated carbocycles. The summed E-state index contributed by atoms with van der Waals surface area (Å²) in [7, 11) is 1.66. The van der Waals surface area contributed by atoms with Crippen molar-refractivity contribution in [1.82, 2.24) is 0 Å². The Kier molecular flexibility index (Phi) is 4.28. The molecule has 2 nitrogen and oxygen atoms in total. The van der Waals surface area contributed by atoms with Gasteiger partial charge < -0.3 is 9.84 Å². The van der Waals surface area contributed by atoms with Gasteiger partial charge in [0.15, 0.2) is 0 Å². The normalized spacial score (nSPS) is 10.4. The molecule has 0 fully saturated rings. The summed E-state index contributed by atoms with van der Waals surface area (Å²) in [5, 5.41) is 9.37. The van der Waals surface area contributed by atoms with Gasteiger partial charge in [0.2, 0.25) is 0 Å². The van der Waals surface area contributed by atoms with Crippen molar-refractivity contribution in [2.45, 2.75) is 23.3 Å². The number of hydrogen-bond donors (Lipinski definition) is 1.